The van der Waals surface area contributed by atoms with Crippen LogP contribution in [0.2, 0.25) is 0 Å². The first-order chi connectivity index (χ1) is 9.22. The molecule has 0 saturated heterocycles. The molecular formula is C15H16ClNO2. The molecule has 19 heavy (non-hydrogen) atoms. The topological polar surface area (TPSA) is 33.5 Å². The van der Waals surface area contributed by atoms with Crippen LogP contribution in [0.25, 0.3) is 0 Å². The van der Waals surface area contributed by atoms with Gasteiger partial charge in [0.1, 0.15) is 11.1 Å². The highest BCUT2D eigenvalue weighted by Gasteiger charge is 2.23. The third kappa shape index (κ3) is 3.38. The van der Waals surface area contributed by atoms with Crippen molar-refractivity contribution in [2.45, 2.75) is 18.8 Å². The number of carbonyl (C=O) groups is 1. The Morgan fingerprint density at radius 2 is 2.00 bits per heavy atom. The molecule has 0 aliphatic rings. The van der Waals surface area contributed by atoms with Crippen LogP contribution in [0.15, 0.2) is 53.1 Å². The van der Waals surface area contributed by atoms with Gasteiger partial charge in [0.15, 0.2) is 0 Å². The minimum absolute atomic E-state index is 0.105. The fourth-order valence-electron chi connectivity index (χ4n) is 1.86. The van der Waals surface area contributed by atoms with E-state index in [4.69, 9.17) is 16.0 Å². The largest absolute Gasteiger partial charge is 0.467 e. The van der Waals surface area contributed by atoms with Crippen LogP contribution in [-0.4, -0.2) is 17.4 Å². The van der Waals surface area contributed by atoms with Crippen LogP contribution in [0.3, 0.4) is 0 Å². The number of furan rings is 1. The van der Waals surface area contributed by atoms with Crippen LogP contribution in [0.5, 0.6) is 0 Å². The standard InChI is InChI=1S/C15H16ClNO2/c1-2-17(11-13-9-6-10-19-13)15(18)14(16)12-7-4-3-5-8-12/h3-10,14H,2,11H2,1H3. The van der Waals surface area contributed by atoms with Crippen molar-refractivity contribution in [3.63, 3.8) is 0 Å². The van der Waals surface area contributed by atoms with Crippen molar-refractivity contribution in [2.75, 3.05) is 6.54 Å². The van der Waals surface area contributed by atoms with Crippen LogP contribution in [0.1, 0.15) is 23.6 Å². The molecule has 1 heterocycles. The second-order valence-electron chi connectivity index (χ2n) is 4.21. The third-order valence-electron chi connectivity index (χ3n) is 2.93. The summed E-state index contributed by atoms with van der Waals surface area (Å²) < 4.78 is 5.26. The zero-order valence-corrected chi connectivity index (χ0v) is 11.5. The first-order valence-electron chi connectivity index (χ1n) is 6.22. The second-order valence-corrected chi connectivity index (χ2v) is 4.64. The molecule has 0 spiro atoms. The number of alkyl halides is 1. The Balaban J connectivity index is 2.08. The average Bonchev–Trinajstić information content (AvgIpc) is 2.97. The van der Waals surface area contributed by atoms with Gasteiger partial charge in [-0.1, -0.05) is 30.3 Å². The monoisotopic (exact) mass is 277 g/mol. The Kier molecular flexibility index (Phi) is 4.63. The first kappa shape index (κ1) is 13.7. The molecule has 4 heteroatoms. The van der Waals surface area contributed by atoms with E-state index in [1.807, 2.05) is 49.4 Å². The van der Waals surface area contributed by atoms with Gasteiger partial charge in [-0.3, -0.25) is 4.79 Å². The summed E-state index contributed by atoms with van der Waals surface area (Å²) in [6, 6.07) is 13.0. The smallest absolute Gasteiger partial charge is 0.245 e. The van der Waals surface area contributed by atoms with Crippen LogP contribution >= 0.6 is 11.6 Å². The van der Waals surface area contributed by atoms with Crippen LogP contribution in [-0.2, 0) is 11.3 Å². The second kappa shape index (κ2) is 6.43. The van der Waals surface area contributed by atoms with Gasteiger partial charge in [-0.05, 0) is 24.6 Å². The van der Waals surface area contributed by atoms with Gasteiger partial charge in [0.2, 0.25) is 5.91 Å². The van der Waals surface area contributed by atoms with Crippen molar-refractivity contribution in [3.05, 3.63) is 60.1 Å². The number of likely N-dealkylation sites (N-methyl/N-ethyl adjacent to an activating group) is 1. The van der Waals surface area contributed by atoms with Crippen LogP contribution < -0.4 is 0 Å². The van der Waals surface area contributed by atoms with Crippen molar-refractivity contribution in [3.8, 4) is 0 Å². The molecule has 1 amide bonds. The Hall–Kier alpha value is -1.74. The first-order valence-corrected chi connectivity index (χ1v) is 6.66. The molecule has 0 N–H and O–H groups in total. The molecule has 0 radical (unpaired) electrons. The molecule has 1 unspecified atom stereocenters. The van der Waals surface area contributed by atoms with Gasteiger partial charge in [-0.15, -0.1) is 11.6 Å². The normalized spacial score (nSPS) is 12.1. The number of halogens is 1. The predicted octanol–water partition coefficient (Wildman–Crippen LogP) is 3.61. The van der Waals surface area contributed by atoms with Gasteiger partial charge >= 0.3 is 0 Å². The van der Waals surface area contributed by atoms with E-state index in [1.54, 1.807) is 11.2 Å². The molecule has 0 aliphatic heterocycles. The van der Waals surface area contributed by atoms with Crippen molar-refractivity contribution >= 4 is 17.5 Å². The van der Waals surface area contributed by atoms with E-state index in [0.29, 0.717) is 13.1 Å². The SMILES string of the molecule is CCN(Cc1ccco1)C(=O)C(Cl)c1ccccc1. The number of nitrogens with zero attached hydrogens (tertiary/aromatic N) is 1. The van der Waals surface area contributed by atoms with Crippen molar-refractivity contribution in [1.29, 1.82) is 0 Å². The molecule has 0 bridgehead atoms. The van der Waals surface area contributed by atoms with E-state index >= 15 is 0 Å². The van der Waals surface area contributed by atoms with Crippen molar-refractivity contribution in [1.82, 2.24) is 4.90 Å². The quantitative estimate of drug-likeness (QED) is 0.782. The van der Waals surface area contributed by atoms with E-state index in [9.17, 15) is 4.79 Å². The van der Waals surface area contributed by atoms with Crippen LogP contribution in [0.4, 0.5) is 0 Å². The summed E-state index contributed by atoms with van der Waals surface area (Å²) in [7, 11) is 0. The lowest BCUT2D eigenvalue weighted by molar-refractivity contribution is -0.131. The summed E-state index contributed by atoms with van der Waals surface area (Å²) in [5, 5.41) is -0.656. The summed E-state index contributed by atoms with van der Waals surface area (Å²) in [4.78, 5) is 14.0. The number of rotatable bonds is 5. The molecule has 0 fully saturated rings. The highest BCUT2D eigenvalue weighted by molar-refractivity contribution is 6.30. The highest BCUT2D eigenvalue weighted by atomic mass is 35.5. The Morgan fingerprint density at radius 1 is 1.26 bits per heavy atom. The number of carbonyl (C=O) groups excluding carboxylic acids is 1. The lowest BCUT2D eigenvalue weighted by Gasteiger charge is -2.22. The lowest BCUT2D eigenvalue weighted by atomic mass is 10.1. The Morgan fingerprint density at radius 3 is 2.58 bits per heavy atom. The fraction of sp³-hybridized carbons (Fsp3) is 0.267. The zero-order valence-electron chi connectivity index (χ0n) is 10.8. The van der Waals surface area contributed by atoms with E-state index in [2.05, 4.69) is 0 Å². The fourth-order valence-corrected chi connectivity index (χ4v) is 2.14. The maximum Gasteiger partial charge on any atom is 0.245 e. The molecule has 1 atom stereocenters. The maximum atomic E-state index is 12.4. The van der Waals surface area contributed by atoms with E-state index < -0.39 is 5.38 Å². The summed E-state index contributed by atoms with van der Waals surface area (Å²) >= 11 is 6.25. The van der Waals surface area contributed by atoms with Crippen LogP contribution in [0, 0.1) is 0 Å². The number of hydrogen-bond donors (Lipinski definition) is 0. The summed E-state index contributed by atoms with van der Waals surface area (Å²) in [6.07, 6.45) is 1.60. The summed E-state index contributed by atoms with van der Waals surface area (Å²) in [5.41, 5.74) is 0.812. The van der Waals surface area contributed by atoms with Gasteiger partial charge in [0.25, 0.3) is 0 Å². The van der Waals surface area contributed by atoms with Crippen molar-refractivity contribution in [2.24, 2.45) is 0 Å². The summed E-state index contributed by atoms with van der Waals surface area (Å²) in [5.74, 6) is 0.652. The van der Waals surface area contributed by atoms with E-state index in [1.165, 1.54) is 0 Å². The van der Waals surface area contributed by atoms with Crippen molar-refractivity contribution < 1.29 is 9.21 Å². The maximum absolute atomic E-state index is 12.4. The highest BCUT2D eigenvalue weighted by Crippen LogP contribution is 2.23. The molecule has 100 valence electrons. The third-order valence-corrected chi connectivity index (χ3v) is 3.37. The molecule has 1 aromatic carbocycles. The minimum atomic E-state index is -0.656. The molecule has 0 aliphatic carbocycles. The van der Waals surface area contributed by atoms with Gasteiger partial charge < -0.3 is 9.32 Å². The van der Waals surface area contributed by atoms with E-state index in [0.717, 1.165) is 11.3 Å². The van der Waals surface area contributed by atoms with E-state index in [-0.39, 0.29) is 5.91 Å². The molecule has 0 saturated carbocycles. The lowest BCUT2D eigenvalue weighted by Crippen LogP contribution is -2.32. The van der Waals surface area contributed by atoms with Gasteiger partial charge in [-0.25, -0.2) is 0 Å². The molecule has 2 aromatic rings. The number of hydrogen-bond acceptors (Lipinski definition) is 2. The predicted molar refractivity (Wildman–Crippen MR) is 74.8 cm³/mol. The number of amides is 1. The van der Waals surface area contributed by atoms with Gasteiger partial charge in [-0.2, -0.15) is 0 Å². The average molecular weight is 278 g/mol. The summed E-state index contributed by atoms with van der Waals surface area (Å²) in [6.45, 7) is 2.96. The van der Waals surface area contributed by atoms with Gasteiger partial charge in [0.05, 0.1) is 12.8 Å². The Bertz CT molecular complexity index is 510. The molecule has 2 rings (SSSR count). The molecule has 3 nitrogen and oxygen atoms in total. The molecule has 1 aromatic heterocycles. The zero-order chi connectivity index (χ0) is 13.7. The molecular weight excluding hydrogens is 262 g/mol. The minimum Gasteiger partial charge on any atom is -0.467 e. The number of benzene rings is 1. The van der Waals surface area contributed by atoms with Gasteiger partial charge in [0, 0.05) is 6.54 Å². The Labute approximate surface area is 117 Å².